The minimum Gasteiger partial charge on any atom is -0.497 e. The van der Waals surface area contributed by atoms with Crippen molar-refractivity contribution in [3.63, 3.8) is 0 Å². The smallest absolute Gasteiger partial charge is 0.289 e. The molecule has 0 heterocycles. The van der Waals surface area contributed by atoms with Crippen molar-refractivity contribution >= 4 is 33.0 Å². The zero-order valence-electron chi connectivity index (χ0n) is 17.8. The Morgan fingerprint density at radius 2 is 1.61 bits per heavy atom. The number of carbonyl (C=O) groups excluding carboxylic acids is 1. The SMILES string of the molecule is COc1ccc(NC(=O)COc2ccc(N(C)S(=O)(=O)c3ccccc3[N+](=O)[O-])cc2)cc1. The van der Waals surface area contributed by atoms with Gasteiger partial charge in [-0.15, -0.1) is 0 Å². The van der Waals surface area contributed by atoms with Crippen LogP contribution in [0.3, 0.4) is 0 Å². The molecule has 0 aromatic heterocycles. The van der Waals surface area contributed by atoms with E-state index < -0.39 is 25.5 Å². The van der Waals surface area contributed by atoms with Crippen LogP contribution in [0.2, 0.25) is 0 Å². The lowest BCUT2D eigenvalue weighted by Crippen LogP contribution is -2.27. The normalized spacial score (nSPS) is 10.8. The highest BCUT2D eigenvalue weighted by molar-refractivity contribution is 7.93. The Kier molecular flexibility index (Phi) is 7.13. The number of para-hydroxylation sites is 1. The molecule has 0 fully saturated rings. The summed E-state index contributed by atoms with van der Waals surface area (Å²) in [7, 11) is -1.33. The van der Waals surface area contributed by atoms with Gasteiger partial charge in [-0.1, -0.05) is 12.1 Å². The molecule has 33 heavy (non-hydrogen) atoms. The van der Waals surface area contributed by atoms with E-state index in [0.717, 1.165) is 10.4 Å². The number of nitro benzene ring substituents is 1. The number of amides is 1. The first-order valence-corrected chi connectivity index (χ1v) is 11.1. The average molecular weight is 471 g/mol. The summed E-state index contributed by atoms with van der Waals surface area (Å²) in [5.74, 6) is 0.638. The Bertz CT molecular complexity index is 1240. The molecule has 0 aliphatic carbocycles. The van der Waals surface area contributed by atoms with Crippen LogP contribution in [0.25, 0.3) is 0 Å². The molecule has 3 rings (SSSR count). The molecule has 0 saturated heterocycles. The van der Waals surface area contributed by atoms with Gasteiger partial charge in [-0.3, -0.25) is 19.2 Å². The van der Waals surface area contributed by atoms with Gasteiger partial charge in [0.2, 0.25) is 0 Å². The van der Waals surface area contributed by atoms with E-state index in [9.17, 15) is 23.3 Å². The highest BCUT2D eigenvalue weighted by atomic mass is 32.2. The molecule has 0 aliphatic heterocycles. The Morgan fingerprint density at radius 3 is 2.21 bits per heavy atom. The Morgan fingerprint density at radius 1 is 1.00 bits per heavy atom. The van der Waals surface area contributed by atoms with Crippen molar-refractivity contribution in [1.29, 1.82) is 0 Å². The van der Waals surface area contributed by atoms with Gasteiger partial charge in [0, 0.05) is 18.8 Å². The second-order valence-electron chi connectivity index (χ2n) is 6.76. The van der Waals surface area contributed by atoms with Gasteiger partial charge in [-0.05, 0) is 54.6 Å². The Balaban J connectivity index is 1.64. The van der Waals surface area contributed by atoms with Gasteiger partial charge in [0.1, 0.15) is 11.5 Å². The fraction of sp³-hybridized carbons (Fsp3) is 0.136. The van der Waals surface area contributed by atoms with Gasteiger partial charge in [0.25, 0.3) is 21.6 Å². The van der Waals surface area contributed by atoms with Crippen molar-refractivity contribution in [3.05, 3.63) is 82.9 Å². The third-order valence-corrected chi connectivity index (χ3v) is 6.48. The molecule has 11 heteroatoms. The van der Waals surface area contributed by atoms with Crippen molar-refractivity contribution in [2.24, 2.45) is 0 Å². The van der Waals surface area contributed by atoms with Crippen LogP contribution in [0, 0.1) is 10.1 Å². The molecule has 0 bridgehead atoms. The number of nitro groups is 1. The van der Waals surface area contributed by atoms with Crippen LogP contribution in [-0.4, -0.2) is 40.0 Å². The quantitative estimate of drug-likeness (QED) is 0.374. The molecule has 3 aromatic rings. The first-order chi connectivity index (χ1) is 15.7. The molecule has 0 radical (unpaired) electrons. The maximum atomic E-state index is 12.9. The van der Waals surface area contributed by atoms with E-state index in [2.05, 4.69) is 5.32 Å². The molecule has 10 nitrogen and oxygen atoms in total. The van der Waals surface area contributed by atoms with Crippen molar-refractivity contribution in [2.75, 3.05) is 30.4 Å². The standard InChI is InChI=1S/C22H21N3O7S/c1-24(33(29,30)21-6-4-3-5-20(21)25(27)28)17-9-13-19(14-10-17)32-15-22(26)23-16-7-11-18(31-2)12-8-16/h3-14H,15H2,1-2H3,(H,23,26). The molecule has 3 aromatic carbocycles. The molecule has 172 valence electrons. The van der Waals surface area contributed by atoms with E-state index in [1.165, 1.54) is 49.5 Å². The van der Waals surface area contributed by atoms with Gasteiger partial charge in [-0.2, -0.15) is 0 Å². The van der Waals surface area contributed by atoms with Gasteiger partial charge in [0.15, 0.2) is 11.5 Å². The largest absolute Gasteiger partial charge is 0.497 e. The summed E-state index contributed by atoms with van der Waals surface area (Å²) in [5, 5.41) is 13.9. The lowest BCUT2D eigenvalue weighted by molar-refractivity contribution is -0.387. The number of nitrogens with zero attached hydrogens (tertiary/aromatic N) is 2. The highest BCUT2D eigenvalue weighted by Gasteiger charge is 2.29. The number of hydrogen-bond donors (Lipinski definition) is 1. The molecule has 1 N–H and O–H groups in total. The molecule has 0 spiro atoms. The zero-order valence-corrected chi connectivity index (χ0v) is 18.6. The topological polar surface area (TPSA) is 128 Å². The van der Waals surface area contributed by atoms with E-state index in [4.69, 9.17) is 9.47 Å². The summed E-state index contributed by atoms with van der Waals surface area (Å²) in [5.41, 5.74) is 0.344. The van der Waals surface area contributed by atoms with Gasteiger partial charge in [0.05, 0.1) is 17.7 Å². The summed E-state index contributed by atoms with van der Waals surface area (Å²) in [6.45, 7) is -0.254. The summed E-state index contributed by atoms with van der Waals surface area (Å²) in [4.78, 5) is 22.1. The van der Waals surface area contributed by atoms with Crippen LogP contribution >= 0.6 is 0 Å². The van der Waals surface area contributed by atoms with Crippen molar-refractivity contribution in [3.8, 4) is 11.5 Å². The monoisotopic (exact) mass is 471 g/mol. The van der Waals surface area contributed by atoms with Crippen LogP contribution < -0.4 is 19.1 Å². The number of sulfonamides is 1. The maximum absolute atomic E-state index is 12.9. The summed E-state index contributed by atoms with van der Waals surface area (Å²) in [6, 6.07) is 17.9. The molecular weight excluding hydrogens is 450 g/mol. The first kappa shape index (κ1) is 23.5. The Hall–Kier alpha value is -4.12. The zero-order chi connectivity index (χ0) is 24.0. The first-order valence-electron chi connectivity index (χ1n) is 9.61. The van der Waals surface area contributed by atoms with E-state index in [-0.39, 0.29) is 18.2 Å². The maximum Gasteiger partial charge on any atom is 0.289 e. The van der Waals surface area contributed by atoms with E-state index in [1.54, 1.807) is 31.4 Å². The van der Waals surface area contributed by atoms with Crippen LogP contribution in [-0.2, 0) is 14.8 Å². The lowest BCUT2D eigenvalue weighted by atomic mass is 10.3. The van der Waals surface area contributed by atoms with Crippen LogP contribution in [0.1, 0.15) is 0 Å². The second-order valence-corrected chi connectivity index (χ2v) is 8.69. The number of ether oxygens (including phenoxy) is 2. The highest BCUT2D eigenvalue weighted by Crippen LogP contribution is 2.29. The van der Waals surface area contributed by atoms with E-state index in [1.807, 2.05) is 0 Å². The third kappa shape index (κ3) is 5.57. The third-order valence-electron chi connectivity index (χ3n) is 4.64. The minimum absolute atomic E-state index is 0.254. The molecule has 1 amide bonds. The molecule has 0 aliphatic rings. The van der Waals surface area contributed by atoms with Crippen molar-refractivity contribution < 1.29 is 27.6 Å². The number of nitrogens with one attached hydrogen (secondary N) is 1. The predicted octanol–water partition coefficient (Wildman–Crippen LogP) is 3.45. The van der Waals surface area contributed by atoms with Gasteiger partial charge >= 0.3 is 0 Å². The number of rotatable bonds is 9. The number of benzene rings is 3. The van der Waals surface area contributed by atoms with Crippen LogP contribution in [0.15, 0.2) is 77.7 Å². The summed E-state index contributed by atoms with van der Waals surface area (Å²) < 4.78 is 37.2. The summed E-state index contributed by atoms with van der Waals surface area (Å²) >= 11 is 0. The Labute approximate surface area is 190 Å². The minimum atomic E-state index is -4.17. The van der Waals surface area contributed by atoms with Crippen LogP contribution in [0.4, 0.5) is 17.1 Å². The van der Waals surface area contributed by atoms with Crippen molar-refractivity contribution in [2.45, 2.75) is 4.90 Å². The van der Waals surface area contributed by atoms with Crippen LogP contribution in [0.5, 0.6) is 11.5 Å². The van der Waals surface area contributed by atoms with Crippen molar-refractivity contribution in [1.82, 2.24) is 0 Å². The van der Waals surface area contributed by atoms with Gasteiger partial charge in [-0.25, -0.2) is 8.42 Å². The molecular formula is C22H21N3O7S. The fourth-order valence-corrected chi connectivity index (χ4v) is 4.24. The average Bonchev–Trinajstić information content (AvgIpc) is 2.83. The molecule has 0 atom stereocenters. The molecule has 0 saturated carbocycles. The predicted molar refractivity (Wildman–Crippen MR) is 122 cm³/mol. The number of carbonyl (C=O) groups is 1. The van der Waals surface area contributed by atoms with E-state index >= 15 is 0 Å². The lowest BCUT2D eigenvalue weighted by Gasteiger charge is -2.19. The number of anilines is 2. The number of hydrogen-bond acceptors (Lipinski definition) is 7. The van der Waals surface area contributed by atoms with E-state index in [0.29, 0.717) is 17.2 Å². The van der Waals surface area contributed by atoms with Gasteiger partial charge < -0.3 is 14.8 Å². The number of methoxy groups -OCH3 is 1. The second kappa shape index (κ2) is 10.0. The fourth-order valence-electron chi connectivity index (χ4n) is 2.89. The molecule has 0 unspecified atom stereocenters. The summed E-state index contributed by atoms with van der Waals surface area (Å²) in [6.07, 6.45) is 0.